The first-order valence-corrected chi connectivity index (χ1v) is 10.2. The van der Waals surface area contributed by atoms with E-state index in [2.05, 4.69) is 26.3 Å². The monoisotopic (exact) mass is 356 g/mol. The Morgan fingerprint density at radius 3 is 2.73 bits per heavy atom. The van der Waals surface area contributed by atoms with E-state index in [0.717, 1.165) is 30.8 Å². The van der Waals surface area contributed by atoms with Crippen LogP contribution >= 0.6 is 0 Å². The fourth-order valence-corrected chi connectivity index (χ4v) is 4.84. The topological polar surface area (TPSA) is 34.3 Å². The number of nitrogens with one attached hydrogen (secondary N) is 2. The predicted octanol–water partition coefficient (Wildman–Crippen LogP) is 3.13. The first kappa shape index (κ1) is 16.7. The Morgan fingerprint density at radius 1 is 1.08 bits per heavy atom. The Kier molecular flexibility index (Phi) is 4.47. The van der Waals surface area contributed by atoms with Gasteiger partial charge in [-0.15, -0.1) is 0 Å². The van der Waals surface area contributed by atoms with E-state index in [1.807, 2.05) is 6.07 Å². The lowest BCUT2D eigenvalue weighted by molar-refractivity contribution is 0.0622. The summed E-state index contributed by atoms with van der Waals surface area (Å²) in [6.07, 6.45) is 7.77. The van der Waals surface area contributed by atoms with Crippen LogP contribution in [-0.4, -0.2) is 60.2 Å². The van der Waals surface area contributed by atoms with Gasteiger partial charge >= 0.3 is 0 Å². The predicted molar refractivity (Wildman–Crippen MR) is 103 cm³/mol. The number of hydrogen-bond acceptors (Lipinski definition) is 3. The van der Waals surface area contributed by atoms with Crippen molar-refractivity contribution in [2.75, 3.05) is 39.3 Å². The number of fused-ring (bicyclic) bond motifs is 1. The minimum atomic E-state index is -0.168. The smallest absolute Gasteiger partial charge is 0.125 e. The molecule has 3 aliphatic rings. The van der Waals surface area contributed by atoms with E-state index in [1.165, 1.54) is 56.5 Å². The molecule has 1 aromatic carbocycles. The molecule has 5 rings (SSSR count). The summed E-state index contributed by atoms with van der Waals surface area (Å²) in [5.41, 5.74) is 2.28. The van der Waals surface area contributed by atoms with Gasteiger partial charge in [0.2, 0.25) is 0 Å². The third-order valence-electron chi connectivity index (χ3n) is 6.56. The molecule has 0 spiro atoms. The molecule has 5 heteroatoms. The van der Waals surface area contributed by atoms with Gasteiger partial charge in [0.15, 0.2) is 0 Å². The summed E-state index contributed by atoms with van der Waals surface area (Å²) >= 11 is 0. The Labute approximate surface area is 154 Å². The van der Waals surface area contributed by atoms with Crippen molar-refractivity contribution >= 4 is 10.9 Å². The lowest BCUT2D eigenvalue weighted by Gasteiger charge is -2.43. The molecular weight excluding hydrogens is 327 g/mol. The van der Waals surface area contributed by atoms with Crippen LogP contribution in [0, 0.1) is 11.7 Å². The lowest BCUT2D eigenvalue weighted by atomic mass is 9.88. The summed E-state index contributed by atoms with van der Waals surface area (Å²) in [5, 5.41) is 4.93. The van der Waals surface area contributed by atoms with E-state index < -0.39 is 0 Å². The first-order chi connectivity index (χ1) is 12.8. The third-order valence-corrected chi connectivity index (χ3v) is 6.56. The van der Waals surface area contributed by atoms with Crippen LogP contribution in [0.2, 0.25) is 0 Å². The molecule has 2 aromatic rings. The van der Waals surface area contributed by atoms with Gasteiger partial charge in [-0.05, 0) is 67.8 Å². The van der Waals surface area contributed by atoms with Crippen molar-refractivity contribution < 1.29 is 4.39 Å². The number of benzene rings is 1. The Morgan fingerprint density at radius 2 is 1.92 bits per heavy atom. The average Bonchev–Trinajstić information content (AvgIpc) is 3.39. The average molecular weight is 356 g/mol. The molecule has 4 nitrogen and oxygen atoms in total. The Bertz CT molecular complexity index is 760. The van der Waals surface area contributed by atoms with Crippen molar-refractivity contribution in [1.29, 1.82) is 0 Å². The second-order valence-electron chi connectivity index (χ2n) is 8.41. The minimum absolute atomic E-state index is 0.168. The highest BCUT2D eigenvalue weighted by Crippen LogP contribution is 2.34. The largest absolute Gasteiger partial charge is 0.361 e. The van der Waals surface area contributed by atoms with Gasteiger partial charge in [-0.1, -0.05) is 0 Å². The number of aromatic nitrogens is 1. The van der Waals surface area contributed by atoms with Crippen LogP contribution in [0.5, 0.6) is 0 Å². The summed E-state index contributed by atoms with van der Waals surface area (Å²) in [4.78, 5) is 8.57. The van der Waals surface area contributed by atoms with E-state index in [-0.39, 0.29) is 5.82 Å². The zero-order valence-electron chi connectivity index (χ0n) is 15.4. The Balaban J connectivity index is 1.24. The van der Waals surface area contributed by atoms with E-state index in [0.29, 0.717) is 12.1 Å². The molecule has 1 aromatic heterocycles. The molecule has 0 amide bonds. The van der Waals surface area contributed by atoms with E-state index in [9.17, 15) is 4.39 Å². The molecule has 3 heterocycles. The van der Waals surface area contributed by atoms with Crippen molar-refractivity contribution in [2.45, 2.75) is 37.8 Å². The standard InChI is InChI=1S/C21H29FN4/c22-17-3-4-18-19(13-24-20(18)12-17)16-5-6-23-21(11-16)26-9-7-25(8-10-26)14-15-1-2-15/h3-4,12-13,15-16,21,23-24H,1-2,5-11,14H2/t16?,21-/m1/s1. The van der Waals surface area contributed by atoms with Crippen LogP contribution in [0.3, 0.4) is 0 Å². The van der Waals surface area contributed by atoms with Gasteiger partial charge in [-0.2, -0.15) is 0 Å². The van der Waals surface area contributed by atoms with Gasteiger partial charge in [-0.25, -0.2) is 4.39 Å². The molecule has 140 valence electrons. The number of piperazine rings is 1. The molecule has 2 saturated heterocycles. The number of nitrogens with zero attached hydrogens (tertiary/aromatic N) is 2. The zero-order valence-corrected chi connectivity index (χ0v) is 15.4. The number of halogens is 1. The number of piperidine rings is 1. The molecule has 2 atom stereocenters. The minimum Gasteiger partial charge on any atom is -0.361 e. The van der Waals surface area contributed by atoms with Crippen molar-refractivity contribution in [3.05, 3.63) is 35.8 Å². The van der Waals surface area contributed by atoms with Crippen LogP contribution < -0.4 is 5.32 Å². The lowest BCUT2D eigenvalue weighted by Crippen LogP contribution is -2.56. The second-order valence-corrected chi connectivity index (χ2v) is 8.41. The van der Waals surface area contributed by atoms with Crippen LogP contribution in [-0.2, 0) is 0 Å². The van der Waals surface area contributed by atoms with E-state index in [4.69, 9.17) is 0 Å². The highest BCUT2D eigenvalue weighted by Gasteiger charge is 2.32. The quantitative estimate of drug-likeness (QED) is 0.883. The zero-order chi connectivity index (χ0) is 17.5. The summed E-state index contributed by atoms with van der Waals surface area (Å²) in [6, 6.07) is 5.12. The highest BCUT2D eigenvalue weighted by molar-refractivity contribution is 5.83. The fourth-order valence-electron chi connectivity index (χ4n) is 4.84. The third kappa shape index (κ3) is 3.40. The number of H-pyrrole nitrogens is 1. The molecule has 26 heavy (non-hydrogen) atoms. The molecule has 1 saturated carbocycles. The van der Waals surface area contributed by atoms with Crippen molar-refractivity contribution in [1.82, 2.24) is 20.1 Å². The molecule has 1 unspecified atom stereocenters. The molecule has 0 bridgehead atoms. The van der Waals surface area contributed by atoms with E-state index in [1.54, 1.807) is 12.1 Å². The summed E-state index contributed by atoms with van der Waals surface area (Å²) in [7, 11) is 0. The van der Waals surface area contributed by atoms with Crippen LogP contribution in [0.15, 0.2) is 24.4 Å². The maximum absolute atomic E-state index is 13.5. The van der Waals surface area contributed by atoms with Gasteiger partial charge in [0.25, 0.3) is 0 Å². The maximum atomic E-state index is 13.5. The molecule has 2 N–H and O–H groups in total. The first-order valence-electron chi connectivity index (χ1n) is 10.2. The van der Waals surface area contributed by atoms with Crippen molar-refractivity contribution in [3.63, 3.8) is 0 Å². The van der Waals surface area contributed by atoms with E-state index >= 15 is 0 Å². The number of hydrogen-bond donors (Lipinski definition) is 2. The molecular formula is C21H29FN4. The SMILES string of the molecule is Fc1ccc2c(C3CCN[C@H](N4CCN(CC5CC5)CC4)C3)c[nH]c2c1. The van der Waals surface area contributed by atoms with Gasteiger partial charge in [0.1, 0.15) is 5.82 Å². The van der Waals surface area contributed by atoms with Crippen molar-refractivity contribution in [3.8, 4) is 0 Å². The van der Waals surface area contributed by atoms with Gasteiger partial charge in [0.05, 0.1) is 6.17 Å². The second kappa shape index (κ2) is 6.95. The molecule has 0 radical (unpaired) electrons. The number of rotatable bonds is 4. The molecule has 1 aliphatic carbocycles. The number of aromatic amines is 1. The highest BCUT2D eigenvalue weighted by atomic mass is 19.1. The Hall–Kier alpha value is -1.43. The van der Waals surface area contributed by atoms with Crippen LogP contribution in [0.1, 0.15) is 37.2 Å². The normalized spacial score (nSPS) is 28.7. The van der Waals surface area contributed by atoms with Gasteiger partial charge in [0, 0.05) is 49.8 Å². The van der Waals surface area contributed by atoms with Gasteiger partial charge in [-0.3, -0.25) is 4.90 Å². The molecule has 2 aliphatic heterocycles. The van der Waals surface area contributed by atoms with Gasteiger partial charge < -0.3 is 15.2 Å². The summed E-state index contributed by atoms with van der Waals surface area (Å²) < 4.78 is 13.5. The van der Waals surface area contributed by atoms with Crippen molar-refractivity contribution in [2.24, 2.45) is 5.92 Å². The summed E-state index contributed by atoms with van der Waals surface area (Å²) in [5.74, 6) is 1.37. The summed E-state index contributed by atoms with van der Waals surface area (Å²) in [6.45, 7) is 7.16. The molecule has 3 fully saturated rings. The fraction of sp³-hybridized carbons (Fsp3) is 0.619. The van der Waals surface area contributed by atoms with Crippen LogP contribution in [0.4, 0.5) is 4.39 Å². The maximum Gasteiger partial charge on any atom is 0.125 e. The van der Waals surface area contributed by atoms with Crippen LogP contribution in [0.25, 0.3) is 10.9 Å².